The molecule has 1 fully saturated rings. The van der Waals surface area contributed by atoms with Crippen molar-refractivity contribution >= 4 is 35.0 Å². The lowest BCUT2D eigenvalue weighted by molar-refractivity contribution is -0.151. The van der Waals surface area contributed by atoms with E-state index in [2.05, 4.69) is 5.43 Å². The average Bonchev–Trinajstić information content (AvgIpc) is 2.98. The van der Waals surface area contributed by atoms with Gasteiger partial charge in [0, 0.05) is 22.2 Å². The number of carbonyl (C=O) groups excluding carboxylic acids is 4. The van der Waals surface area contributed by atoms with E-state index in [0.717, 1.165) is 11.1 Å². The molecule has 0 spiro atoms. The number of benzene rings is 2. The number of amides is 1. The van der Waals surface area contributed by atoms with E-state index in [1.54, 1.807) is 37.3 Å². The number of nitrogens with two attached hydrogens (primary N) is 1. The molecule has 1 amide bonds. The minimum absolute atomic E-state index is 0.0501. The van der Waals surface area contributed by atoms with Crippen molar-refractivity contribution in [1.29, 1.82) is 0 Å². The van der Waals surface area contributed by atoms with Crippen LogP contribution in [0.15, 0.2) is 66.4 Å². The second kappa shape index (κ2) is 9.55. The lowest BCUT2D eigenvalue weighted by Gasteiger charge is -2.25. The van der Waals surface area contributed by atoms with Crippen molar-refractivity contribution in [3.63, 3.8) is 0 Å². The summed E-state index contributed by atoms with van der Waals surface area (Å²) in [4.78, 5) is 50.6. The van der Waals surface area contributed by atoms with Crippen LogP contribution in [0.2, 0.25) is 5.02 Å². The Bertz CT molecular complexity index is 1040. The van der Waals surface area contributed by atoms with Gasteiger partial charge in [0.1, 0.15) is 11.9 Å². The zero-order chi connectivity index (χ0) is 22.5. The van der Waals surface area contributed by atoms with E-state index >= 15 is 0 Å². The van der Waals surface area contributed by atoms with Gasteiger partial charge in [-0.3, -0.25) is 29.6 Å². The molecule has 0 radical (unpaired) electrons. The molecule has 0 bridgehead atoms. The summed E-state index contributed by atoms with van der Waals surface area (Å²) in [5, 5.41) is 1.48. The fourth-order valence-corrected chi connectivity index (χ4v) is 3.21. The first-order chi connectivity index (χ1) is 14.8. The van der Waals surface area contributed by atoms with Crippen molar-refractivity contribution < 1.29 is 23.9 Å². The lowest BCUT2D eigenvalue weighted by Crippen LogP contribution is -2.51. The Balaban J connectivity index is 1.96. The van der Waals surface area contributed by atoms with Crippen molar-refractivity contribution in [3.05, 3.63) is 82.5 Å². The molecular weight excluding hydrogens is 422 g/mol. The summed E-state index contributed by atoms with van der Waals surface area (Å²) in [6, 6.07) is 14.3. The second-order valence-corrected chi connectivity index (χ2v) is 7.10. The number of nitrogens with zero attached hydrogens (tertiary/aromatic N) is 1. The molecule has 0 saturated carbocycles. The molecule has 0 aliphatic carbocycles. The van der Waals surface area contributed by atoms with Crippen LogP contribution in [-0.2, 0) is 14.3 Å². The summed E-state index contributed by atoms with van der Waals surface area (Å²) in [7, 11) is 0. The van der Waals surface area contributed by atoms with Gasteiger partial charge in [-0.1, -0.05) is 29.8 Å². The molecule has 31 heavy (non-hydrogen) atoms. The van der Waals surface area contributed by atoms with Crippen molar-refractivity contribution in [1.82, 2.24) is 10.4 Å². The van der Waals surface area contributed by atoms with Crippen LogP contribution in [0, 0.1) is 5.92 Å². The Morgan fingerprint density at radius 1 is 1.10 bits per heavy atom. The van der Waals surface area contributed by atoms with E-state index in [9.17, 15) is 19.2 Å². The third-order valence-electron chi connectivity index (χ3n) is 4.63. The van der Waals surface area contributed by atoms with Gasteiger partial charge in [0.05, 0.1) is 6.61 Å². The van der Waals surface area contributed by atoms with Crippen LogP contribution in [0.1, 0.15) is 27.6 Å². The van der Waals surface area contributed by atoms with Gasteiger partial charge in [-0.25, -0.2) is 0 Å². The maximum atomic E-state index is 13.0. The van der Waals surface area contributed by atoms with Gasteiger partial charge in [-0.2, -0.15) is 0 Å². The summed E-state index contributed by atoms with van der Waals surface area (Å²) in [6.45, 7) is 1.65. The summed E-state index contributed by atoms with van der Waals surface area (Å²) >= 11 is 5.85. The van der Waals surface area contributed by atoms with E-state index in [1.165, 1.54) is 24.3 Å². The van der Waals surface area contributed by atoms with Gasteiger partial charge in [-0.15, -0.1) is 0 Å². The Kier molecular flexibility index (Phi) is 6.84. The minimum Gasteiger partial charge on any atom is -0.465 e. The molecule has 160 valence electrons. The summed E-state index contributed by atoms with van der Waals surface area (Å²) in [5.41, 5.74) is 9.00. The Morgan fingerprint density at radius 3 is 2.35 bits per heavy atom. The highest BCUT2D eigenvalue weighted by molar-refractivity contribution is 6.30. The Labute approximate surface area is 183 Å². The fourth-order valence-electron chi connectivity index (χ4n) is 3.08. The number of rotatable bonds is 6. The smallest absolute Gasteiger partial charge is 0.320 e. The second-order valence-electron chi connectivity index (χ2n) is 6.66. The highest BCUT2D eigenvalue weighted by Crippen LogP contribution is 2.27. The van der Waals surface area contributed by atoms with E-state index in [0.29, 0.717) is 10.6 Å². The maximum Gasteiger partial charge on any atom is 0.320 e. The van der Waals surface area contributed by atoms with Crippen LogP contribution in [0.25, 0.3) is 0 Å². The molecule has 0 aromatic heterocycles. The number of allylic oxidation sites excluding steroid dienone is 2. The first kappa shape index (κ1) is 22.2. The zero-order valence-corrected chi connectivity index (χ0v) is 17.3. The first-order valence-electron chi connectivity index (χ1n) is 9.46. The highest BCUT2D eigenvalue weighted by atomic mass is 35.5. The molecular formula is C22H20ClN3O5. The number of carbonyl (C=O) groups is 4. The van der Waals surface area contributed by atoms with E-state index in [1.807, 2.05) is 0 Å². The summed E-state index contributed by atoms with van der Waals surface area (Å²) in [5.74, 6) is -4.02. The minimum atomic E-state index is -1.39. The molecule has 1 heterocycles. The topological polar surface area (TPSA) is 119 Å². The molecule has 3 N–H and O–H groups in total. The average molecular weight is 442 g/mol. The predicted octanol–water partition coefficient (Wildman–Crippen LogP) is 2.10. The van der Waals surface area contributed by atoms with Crippen LogP contribution in [-0.4, -0.2) is 41.2 Å². The van der Waals surface area contributed by atoms with Crippen LogP contribution in [0.3, 0.4) is 0 Å². The van der Waals surface area contributed by atoms with Gasteiger partial charge < -0.3 is 10.5 Å². The van der Waals surface area contributed by atoms with Gasteiger partial charge >= 0.3 is 5.97 Å². The van der Waals surface area contributed by atoms with Gasteiger partial charge in [0.2, 0.25) is 0 Å². The molecule has 1 aliphatic rings. The van der Waals surface area contributed by atoms with Gasteiger partial charge in [0.25, 0.3) is 5.91 Å². The lowest BCUT2D eigenvalue weighted by atomic mass is 10.0. The Morgan fingerprint density at radius 2 is 1.74 bits per heavy atom. The van der Waals surface area contributed by atoms with Crippen molar-refractivity contribution in [2.45, 2.75) is 13.1 Å². The number of Topliss-reactive ketones (excluding diaryl/α,β-unsaturated/α-hetero) is 1. The van der Waals surface area contributed by atoms with Crippen molar-refractivity contribution in [2.24, 2.45) is 11.7 Å². The van der Waals surface area contributed by atoms with Crippen LogP contribution >= 0.6 is 11.6 Å². The third-order valence-corrected chi connectivity index (χ3v) is 4.88. The molecule has 2 aromatic rings. The molecule has 2 unspecified atom stereocenters. The number of nitrogens with one attached hydrogen (secondary N) is 1. The number of hydrogen-bond donors (Lipinski definition) is 2. The third kappa shape index (κ3) is 4.82. The molecule has 1 saturated heterocycles. The quantitative estimate of drug-likeness (QED) is 0.305. The first-order valence-corrected chi connectivity index (χ1v) is 9.84. The number of hydrogen-bond acceptors (Lipinski definition) is 7. The standard InChI is InChI=1S/C22H20ClN3O5/c1-2-31-22(30)18-19(28)16(12-17(27)13-8-10-15(23)11-9-13)26(20(18)24)25-21(29)14-6-4-3-5-7-14/h3-12,18,20H,2,24H2,1H3,(H,25,29). The van der Waals surface area contributed by atoms with Gasteiger partial charge in [0.15, 0.2) is 17.5 Å². The highest BCUT2D eigenvalue weighted by Gasteiger charge is 2.48. The van der Waals surface area contributed by atoms with E-state index < -0.39 is 35.5 Å². The van der Waals surface area contributed by atoms with Crippen molar-refractivity contribution in [3.8, 4) is 0 Å². The number of halogens is 1. The van der Waals surface area contributed by atoms with Crippen molar-refractivity contribution in [2.75, 3.05) is 6.61 Å². The molecule has 2 atom stereocenters. The van der Waals surface area contributed by atoms with E-state index in [4.69, 9.17) is 22.1 Å². The predicted molar refractivity (Wildman–Crippen MR) is 113 cm³/mol. The zero-order valence-electron chi connectivity index (χ0n) is 16.6. The molecule has 3 rings (SSSR count). The monoisotopic (exact) mass is 441 g/mol. The number of esters is 1. The molecule has 1 aliphatic heterocycles. The molecule has 9 heteroatoms. The number of hydrazine groups is 1. The maximum absolute atomic E-state index is 13.0. The number of ketones is 2. The van der Waals surface area contributed by atoms with Crippen LogP contribution < -0.4 is 11.2 Å². The Hall–Kier alpha value is -3.49. The van der Waals surface area contributed by atoms with Crippen LogP contribution in [0.4, 0.5) is 0 Å². The largest absolute Gasteiger partial charge is 0.465 e. The molecule has 8 nitrogen and oxygen atoms in total. The fraction of sp³-hybridized carbons (Fsp3) is 0.182. The SMILES string of the molecule is CCOC(=O)C1C(=O)C(=CC(=O)c2ccc(Cl)cc2)N(NC(=O)c2ccccc2)C1N. The number of ether oxygens (including phenoxy) is 1. The summed E-state index contributed by atoms with van der Waals surface area (Å²) < 4.78 is 4.95. The van der Waals surface area contributed by atoms with Gasteiger partial charge in [-0.05, 0) is 43.3 Å². The van der Waals surface area contributed by atoms with Crippen LogP contribution in [0.5, 0.6) is 0 Å². The van der Waals surface area contributed by atoms with E-state index in [-0.39, 0.29) is 17.9 Å². The normalized spacial score (nSPS) is 19.4. The summed E-state index contributed by atoms with van der Waals surface area (Å²) in [6.07, 6.45) is -0.209. The molecule has 2 aromatic carbocycles.